The van der Waals surface area contributed by atoms with Crippen LogP contribution >= 0.6 is 15.9 Å². The predicted octanol–water partition coefficient (Wildman–Crippen LogP) is 1.59. The van der Waals surface area contributed by atoms with E-state index >= 15 is 0 Å². The molecule has 0 bridgehead atoms. The molecule has 102 valence electrons. The number of nitrogens with one attached hydrogen (secondary N) is 2. The second-order valence-corrected chi connectivity index (χ2v) is 5.49. The van der Waals surface area contributed by atoms with Gasteiger partial charge in [-0.2, -0.15) is 4.98 Å². The van der Waals surface area contributed by atoms with E-state index in [4.69, 9.17) is 5.73 Å². The van der Waals surface area contributed by atoms with Crippen LogP contribution in [0.4, 0.5) is 11.8 Å². The average molecular weight is 335 g/mol. The summed E-state index contributed by atoms with van der Waals surface area (Å²) < 4.78 is 0.936. The zero-order valence-corrected chi connectivity index (χ0v) is 11.9. The molecule has 1 aliphatic rings. The summed E-state index contributed by atoms with van der Waals surface area (Å²) in [7, 11) is 0. The van der Waals surface area contributed by atoms with Crippen LogP contribution < -0.4 is 16.6 Å². The van der Waals surface area contributed by atoms with Gasteiger partial charge in [-0.05, 0) is 17.7 Å². The number of halogens is 1. The Balaban J connectivity index is 2.17. The number of nitrogens with two attached hydrogens (primary N) is 1. The van der Waals surface area contributed by atoms with Gasteiger partial charge in [0.15, 0.2) is 0 Å². The van der Waals surface area contributed by atoms with Crippen molar-refractivity contribution in [3.8, 4) is 0 Å². The number of hydrogen-bond donors (Lipinski definition) is 3. The number of fused-ring (bicyclic) bond motifs is 1. The van der Waals surface area contributed by atoms with Crippen molar-refractivity contribution in [1.82, 2.24) is 9.97 Å². The molecule has 2 aromatic rings. The lowest BCUT2D eigenvalue weighted by Crippen LogP contribution is -2.31. The van der Waals surface area contributed by atoms with Crippen molar-refractivity contribution in [1.29, 1.82) is 0 Å². The Kier molecular flexibility index (Phi) is 3.06. The number of hydrogen-bond acceptors (Lipinski definition) is 4. The second-order valence-electron chi connectivity index (χ2n) is 4.57. The molecule has 1 aliphatic heterocycles. The number of nitrogen functional groups attached to an aromatic ring is 1. The first-order valence-electron chi connectivity index (χ1n) is 5.99. The third kappa shape index (κ3) is 2.20. The maximum absolute atomic E-state index is 12.1. The lowest BCUT2D eigenvalue weighted by atomic mass is 9.87. The summed E-state index contributed by atoms with van der Waals surface area (Å²) in [6, 6.07) is 7.51. The lowest BCUT2D eigenvalue weighted by molar-refractivity contribution is -0.116. The molecule has 2 heterocycles. The van der Waals surface area contributed by atoms with Crippen LogP contribution in [0.1, 0.15) is 23.5 Å². The third-order valence-corrected chi connectivity index (χ3v) is 3.77. The topological polar surface area (TPSA) is 101 Å². The summed E-state index contributed by atoms with van der Waals surface area (Å²) >= 11 is 3.36. The highest BCUT2D eigenvalue weighted by molar-refractivity contribution is 9.10. The molecule has 1 aromatic heterocycles. The van der Waals surface area contributed by atoms with Gasteiger partial charge in [-0.15, -0.1) is 0 Å². The van der Waals surface area contributed by atoms with Gasteiger partial charge < -0.3 is 11.1 Å². The summed E-state index contributed by atoms with van der Waals surface area (Å²) in [5.74, 6) is -0.257. The smallest absolute Gasteiger partial charge is 0.258 e. The summed E-state index contributed by atoms with van der Waals surface area (Å²) in [5, 5.41) is 2.59. The van der Waals surface area contributed by atoms with Gasteiger partial charge in [-0.1, -0.05) is 28.1 Å². The molecule has 20 heavy (non-hydrogen) atoms. The molecule has 0 fully saturated rings. The molecule has 0 saturated heterocycles. The largest absolute Gasteiger partial charge is 0.369 e. The van der Waals surface area contributed by atoms with E-state index in [0.29, 0.717) is 5.56 Å². The highest BCUT2D eigenvalue weighted by Crippen LogP contribution is 2.34. The number of H-pyrrole nitrogens is 1. The monoisotopic (exact) mass is 334 g/mol. The average Bonchev–Trinajstić information content (AvgIpc) is 2.37. The number of carbonyl (C=O) groups is 1. The number of nitrogens with zero attached hydrogens (tertiary/aromatic N) is 1. The number of carbonyl (C=O) groups excluding carboxylic acids is 1. The minimum absolute atomic E-state index is 0.00879. The van der Waals surface area contributed by atoms with Gasteiger partial charge in [0.1, 0.15) is 5.82 Å². The zero-order chi connectivity index (χ0) is 14.3. The molecule has 7 heteroatoms. The van der Waals surface area contributed by atoms with Gasteiger partial charge in [-0.3, -0.25) is 14.6 Å². The molecule has 0 aliphatic carbocycles. The Morgan fingerprint density at radius 3 is 2.65 bits per heavy atom. The maximum atomic E-state index is 12.1. The van der Waals surface area contributed by atoms with Crippen molar-refractivity contribution in [3.05, 3.63) is 50.2 Å². The fraction of sp³-hybridized carbons (Fsp3) is 0.154. The predicted molar refractivity (Wildman–Crippen MR) is 78.5 cm³/mol. The third-order valence-electron chi connectivity index (χ3n) is 3.24. The Hall–Kier alpha value is -2.15. The van der Waals surface area contributed by atoms with Gasteiger partial charge in [-0.25, -0.2) is 0 Å². The first-order valence-corrected chi connectivity index (χ1v) is 6.79. The molecule has 0 unspecified atom stereocenters. The molecular weight excluding hydrogens is 324 g/mol. The van der Waals surface area contributed by atoms with E-state index in [0.717, 1.165) is 10.0 Å². The van der Waals surface area contributed by atoms with Crippen molar-refractivity contribution < 1.29 is 4.79 Å². The van der Waals surface area contributed by atoms with E-state index in [1.54, 1.807) is 0 Å². The summed E-state index contributed by atoms with van der Waals surface area (Å²) in [4.78, 5) is 30.4. The van der Waals surface area contributed by atoms with Crippen molar-refractivity contribution in [2.24, 2.45) is 0 Å². The number of amides is 1. The number of aromatic nitrogens is 2. The first kappa shape index (κ1) is 12.9. The van der Waals surface area contributed by atoms with Gasteiger partial charge in [0, 0.05) is 16.8 Å². The number of benzene rings is 1. The van der Waals surface area contributed by atoms with Crippen molar-refractivity contribution >= 4 is 33.6 Å². The minimum atomic E-state index is -0.319. The molecule has 0 saturated carbocycles. The Bertz CT molecular complexity index is 739. The van der Waals surface area contributed by atoms with E-state index in [1.165, 1.54) is 0 Å². The highest BCUT2D eigenvalue weighted by atomic mass is 79.9. The minimum Gasteiger partial charge on any atom is -0.369 e. The molecule has 1 amide bonds. The summed E-state index contributed by atoms with van der Waals surface area (Å²) in [6.07, 6.45) is 0.212. The van der Waals surface area contributed by atoms with Crippen LogP contribution in [0.25, 0.3) is 0 Å². The highest BCUT2D eigenvalue weighted by Gasteiger charge is 2.30. The molecule has 1 aromatic carbocycles. The van der Waals surface area contributed by atoms with Crippen LogP contribution in [0.3, 0.4) is 0 Å². The van der Waals surface area contributed by atoms with Crippen LogP contribution in [0.2, 0.25) is 0 Å². The Labute approximate surface area is 122 Å². The standard InChI is InChI=1S/C13H11BrN4O2/c14-7-3-1-6(2-4-7)8-5-9(19)16-11-10(8)12(20)18-13(15)17-11/h1-4,8H,5H2,(H4,15,16,17,18,19,20)/t8-/m1/s1. The van der Waals surface area contributed by atoms with E-state index in [1.807, 2.05) is 24.3 Å². The Morgan fingerprint density at radius 1 is 1.25 bits per heavy atom. The number of anilines is 2. The van der Waals surface area contributed by atoms with Crippen LogP contribution in [-0.4, -0.2) is 15.9 Å². The molecule has 6 nitrogen and oxygen atoms in total. The first-order chi connectivity index (χ1) is 9.54. The van der Waals surface area contributed by atoms with Crippen molar-refractivity contribution in [2.75, 3.05) is 11.1 Å². The quantitative estimate of drug-likeness (QED) is 0.737. The molecule has 1 atom stereocenters. The van der Waals surface area contributed by atoms with E-state index in [-0.39, 0.29) is 35.6 Å². The van der Waals surface area contributed by atoms with E-state index in [2.05, 4.69) is 31.2 Å². The normalized spacial score (nSPS) is 17.4. The Morgan fingerprint density at radius 2 is 1.95 bits per heavy atom. The summed E-state index contributed by atoms with van der Waals surface area (Å²) in [5.41, 5.74) is 6.52. The van der Waals surface area contributed by atoms with Gasteiger partial charge in [0.2, 0.25) is 11.9 Å². The molecule has 0 spiro atoms. The number of aromatic amines is 1. The molecule has 0 radical (unpaired) electrons. The SMILES string of the molecule is Nc1nc2c(c(=O)[nH]1)[C@@H](c1ccc(Br)cc1)CC(=O)N2. The zero-order valence-electron chi connectivity index (χ0n) is 10.3. The van der Waals surface area contributed by atoms with Crippen LogP contribution in [0.15, 0.2) is 33.5 Å². The fourth-order valence-electron chi connectivity index (χ4n) is 2.37. The van der Waals surface area contributed by atoms with E-state index in [9.17, 15) is 9.59 Å². The van der Waals surface area contributed by atoms with Crippen LogP contribution in [-0.2, 0) is 4.79 Å². The second kappa shape index (κ2) is 4.75. The maximum Gasteiger partial charge on any atom is 0.258 e. The van der Waals surface area contributed by atoms with Gasteiger partial charge in [0.05, 0.1) is 5.56 Å². The van der Waals surface area contributed by atoms with Crippen molar-refractivity contribution in [2.45, 2.75) is 12.3 Å². The van der Waals surface area contributed by atoms with Crippen LogP contribution in [0.5, 0.6) is 0 Å². The lowest BCUT2D eigenvalue weighted by Gasteiger charge is -2.24. The number of rotatable bonds is 1. The van der Waals surface area contributed by atoms with E-state index < -0.39 is 0 Å². The molecule has 3 rings (SSSR count). The van der Waals surface area contributed by atoms with Gasteiger partial charge in [0.25, 0.3) is 5.56 Å². The van der Waals surface area contributed by atoms with Crippen LogP contribution in [0, 0.1) is 0 Å². The fourth-order valence-corrected chi connectivity index (χ4v) is 2.63. The molecular formula is C13H11BrN4O2. The summed E-state index contributed by atoms with van der Waals surface area (Å²) in [6.45, 7) is 0. The van der Waals surface area contributed by atoms with Gasteiger partial charge >= 0.3 is 0 Å². The molecule has 4 N–H and O–H groups in total. The van der Waals surface area contributed by atoms with Crippen molar-refractivity contribution in [3.63, 3.8) is 0 Å².